The fraction of sp³-hybridized carbons (Fsp3) is 0.467. The van der Waals surface area contributed by atoms with Gasteiger partial charge >= 0.3 is 0 Å². The third kappa shape index (κ3) is 3.95. The van der Waals surface area contributed by atoms with Gasteiger partial charge in [0, 0.05) is 37.7 Å². The molecule has 0 radical (unpaired) electrons. The van der Waals surface area contributed by atoms with E-state index >= 15 is 0 Å². The van der Waals surface area contributed by atoms with Gasteiger partial charge in [-0.15, -0.1) is 0 Å². The summed E-state index contributed by atoms with van der Waals surface area (Å²) in [6, 6.07) is 6.04. The second-order valence-corrected chi connectivity index (χ2v) is 4.87. The summed E-state index contributed by atoms with van der Waals surface area (Å²) in [7, 11) is 5.19. The van der Waals surface area contributed by atoms with Gasteiger partial charge in [-0.05, 0) is 13.0 Å². The van der Waals surface area contributed by atoms with Crippen LogP contribution in [0, 0.1) is 0 Å². The molecule has 1 atom stereocenters. The van der Waals surface area contributed by atoms with Crippen molar-refractivity contribution < 1.29 is 9.47 Å². The molecule has 1 N–H and O–H groups in total. The normalized spacial score (nSPS) is 12.2. The molecule has 6 nitrogen and oxygen atoms in total. The van der Waals surface area contributed by atoms with E-state index in [0.29, 0.717) is 0 Å². The first-order valence-corrected chi connectivity index (χ1v) is 6.94. The number of ether oxygens (including phenoxy) is 2. The quantitative estimate of drug-likeness (QED) is 0.841. The zero-order valence-corrected chi connectivity index (χ0v) is 13.0. The van der Waals surface area contributed by atoms with Crippen LogP contribution in [0.3, 0.4) is 0 Å². The average Bonchev–Trinajstić information content (AvgIpc) is 2.91. The van der Waals surface area contributed by atoms with Gasteiger partial charge in [-0.25, -0.2) is 4.98 Å². The van der Waals surface area contributed by atoms with Crippen LogP contribution in [0.2, 0.25) is 0 Å². The number of methoxy groups -OCH3 is 2. The molecule has 114 valence electrons. The van der Waals surface area contributed by atoms with Gasteiger partial charge in [0.25, 0.3) is 0 Å². The average molecular weight is 290 g/mol. The Labute approximate surface area is 125 Å². The molecule has 2 aromatic rings. The summed E-state index contributed by atoms with van der Waals surface area (Å²) in [4.78, 5) is 4.21. The number of aromatic nitrogens is 3. The third-order valence-corrected chi connectivity index (χ3v) is 3.35. The predicted molar refractivity (Wildman–Crippen MR) is 80.7 cm³/mol. The Morgan fingerprint density at radius 1 is 1.29 bits per heavy atom. The van der Waals surface area contributed by atoms with E-state index in [4.69, 9.17) is 9.47 Å². The Balaban J connectivity index is 1.94. The van der Waals surface area contributed by atoms with Crippen molar-refractivity contribution in [3.05, 3.63) is 35.9 Å². The molecule has 0 aliphatic carbocycles. The van der Waals surface area contributed by atoms with Crippen molar-refractivity contribution in [3.8, 4) is 11.5 Å². The summed E-state index contributed by atoms with van der Waals surface area (Å²) in [6.07, 6.45) is 2.51. The highest BCUT2D eigenvalue weighted by Crippen LogP contribution is 2.29. The lowest BCUT2D eigenvalue weighted by molar-refractivity contribution is 0.386. The van der Waals surface area contributed by atoms with Gasteiger partial charge in [-0.2, -0.15) is 5.10 Å². The zero-order valence-electron chi connectivity index (χ0n) is 13.0. The molecule has 0 spiro atoms. The van der Waals surface area contributed by atoms with Crippen molar-refractivity contribution in [1.82, 2.24) is 20.1 Å². The fourth-order valence-corrected chi connectivity index (χ4v) is 2.19. The Hall–Kier alpha value is -2.08. The Morgan fingerprint density at radius 2 is 2.10 bits per heavy atom. The van der Waals surface area contributed by atoms with Crippen molar-refractivity contribution >= 4 is 0 Å². The molecule has 1 unspecified atom stereocenters. The van der Waals surface area contributed by atoms with Gasteiger partial charge in [0.05, 0.1) is 14.2 Å². The first-order chi connectivity index (χ1) is 10.1. The molecule has 6 heteroatoms. The van der Waals surface area contributed by atoms with Gasteiger partial charge in [0.2, 0.25) is 0 Å². The van der Waals surface area contributed by atoms with Gasteiger partial charge in [-0.1, -0.05) is 6.07 Å². The Morgan fingerprint density at radius 3 is 2.71 bits per heavy atom. The van der Waals surface area contributed by atoms with Crippen LogP contribution in [0.15, 0.2) is 24.5 Å². The molecule has 0 saturated heterocycles. The van der Waals surface area contributed by atoms with Crippen LogP contribution < -0.4 is 14.8 Å². The summed E-state index contributed by atoms with van der Waals surface area (Å²) in [6.45, 7) is 2.91. The number of hydrogen-bond donors (Lipinski definition) is 1. The summed E-state index contributed by atoms with van der Waals surface area (Å²) >= 11 is 0. The van der Waals surface area contributed by atoms with E-state index in [1.165, 1.54) is 0 Å². The van der Waals surface area contributed by atoms with Crippen LogP contribution >= 0.6 is 0 Å². The van der Waals surface area contributed by atoms with Crippen LogP contribution in [-0.4, -0.2) is 35.5 Å². The predicted octanol–water partition coefficient (Wildman–Crippen LogP) is 1.73. The minimum absolute atomic E-state index is 0.176. The Bertz CT molecular complexity index is 583. The molecule has 0 bridgehead atoms. The van der Waals surface area contributed by atoms with Gasteiger partial charge in [0.15, 0.2) is 5.82 Å². The van der Waals surface area contributed by atoms with Crippen molar-refractivity contribution in [2.24, 2.45) is 7.05 Å². The summed E-state index contributed by atoms with van der Waals surface area (Å²) in [5.41, 5.74) is 1.10. The van der Waals surface area contributed by atoms with Crippen LogP contribution in [0.25, 0.3) is 0 Å². The maximum atomic E-state index is 5.43. The number of rotatable bonds is 7. The van der Waals surface area contributed by atoms with Gasteiger partial charge < -0.3 is 14.8 Å². The highest BCUT2D eigenvalue weighted by Gasteiger charge is 2.12. The lowest BCUT2D eigenvalue weighted by atomic mass is 10.1. The summed E-state index contributed by atoms with van der Waals surface area (Å²) in [5.74, 6) is 2.46. The summed E-state index contributed by atoms with van der Waals surface area (Å²) < 4.78 is 12.4. The van der Waals surface area contributed by atoms with E-state index in [1.807, 2.05) is 25.2 Å². The van der Waals surface area contributed by atoms with E-state index in [0.717, 1.165) is 35.9 Å². The molecule has 0 aliphatic heterocycles. The van der Waals surface area contributed by atoms with E-state index in [-0.39, 0.29) is 6.04 Å². The van der Waals surface area contributed by atoms with Crippen LogP contribution in [0.4, 0.5) is 0 Å². The Kier molecular flexibility index (Phi) is 5.16. The van der Waals surface area contributed by atoms with Crippen LogP contribution in [0.5, 0.6) is 11.5 Å². The van der Waals surface area contributed by atoms with Gasteiger partial charge in [-0.3, -0.25) is 4.68 Å². The molecule has 2 rings (SSSR count). The lowest BCUT2D eigenvalue weighted by Crippen LogP contribution is -2.22. The molecule has 0 amide bonds. The highest BCUT2D eigenvalue weighted by molar-refractivity contribution is 5.42. The number of nitrogens with one attached hydrogen (secondary N) is 1. The zero-order chi connectivity index (χ0) is 15.2. The molecule has 0 aliphatic rings. The maximum absolute atomic E-state index is 5.43. The first kappa shape index (κ1) is 15.3. The van der Waals surface area contributed by atoms with E-state index < -0.39 is 0 Å². The minimum atomic E-state index is 0.176. The SMILES string of the molecule is COc1ccc(C(C)NCCc2ncn(C)n2)c(OC)c1. The monoisotopic (exact) mass is 290 g/mol. The molecule has 1 heterocycles. The largest absolute Gasteiger partial charge is 0.497 e. The number of hydrogen-bond acceptors (Lipinski definition) is 5. The molecular weight excluding hydrogens is 268 g/mol. The van der Waals surface area contributed by atoms with E-state index in [9.17, 15) is 0 Å². The smallest absolute Gasteiger partial charge is 0.151 e. The second-order valence-electron chi connectivity index (χ2n) is 4.87. The van der Waals surface area contributed by atoms with Crippen LogP contribution in [0.1, 0.15) is 24.4 Å². The number of nitrogens with zero attached hydrogens (tertiary/aromatic N) is 3. The van der Waals surface area contributed by atoms with Crippen LogP contribution in [-0.2, 0) is 13.5 Å². The minimum Gasteiger partial charge on any atom is -0.497 e. The third-order valence-electron chi connectivity index (χ3n) is 3.35. The molecule has 1 aromatic carbocycles. The maximum Gasteiger partial charge on any atom is 0.151 e. The van der Waals surface area contributed by atoms with E-state index in [2.05, 4.69) is 22.3 Å². The molecule has 0 fully saturated rings. The lowest BCUT2D eigenvalue weighted by Gasteiger charge is -2.17. The second kappa shape index (κ2) is 7.08. The molecule has 1 aromatic heterocycles. The standard InChI is InChI=1S/C15H22N4O2/c1-11(16-8-7-15-17-10-19(2)18-15)13-6-5-12(20-3)9-14(13)21-4/h5-6,9-11,16H,7-8H2,1-4H3. The van der Waals surface area contributed by atoms with Crippen molar-refractivity contribution in [3.63, 3.8) is 0 Å². The van der Waals surface area contributed by atoms with E-state index in [1.54, 1.807) is 25.2 Å². The number of benzene rings is 1. The fourth-order valence-electron chi connectivity index (χ4n) is 2.19. The molecule has 0 saturated carbocycles. The van der Waals surface area contributed by atoms with Gasteiger partial charge in [0.1, 0.15) is 17.8 Å². The van der Waals surface area contributed by atoms with Crippen molar-refractivity contribution in [2.45, 2.75) is 19.4 Å². The first-order valence-electron chi connectivity index (χ1n) is 6.94. The topological polar surface area (TPSA) is 61.2 Å². The van der Waals surface area contributed by atoms with Crippen molar-refractivity contribution in [1.29, 1.82) is 0 Å². The highest BCUT2D eigenvalue weighted by atomic mass is 16.5. The summed E-state index contributed by atoms with van der Waals surface area (Å²) in [5, 5.41) is 7.72. The molecule has 21 heavy (non-hydrogen) atoms. The number of aryl methyl sites for hydroxylation is 1. The molecular formula is C15H22N4O2. The van der Waals surface area contributed by atoms with Crippen molar-refractivity contribution in [2.75, 3.05) is 20.8 Å².